The average molecular weight is 438 g/mol. The fourth-order valence-corrected chi connectivity index (χ4v) is 4.37. The molecule has 1 aliphatic heterocycles. The molecule has 4 aromatic rings. The zero-order valence-corrected chi connectivity index (χ0v) is 17.5. The third-order valence-electron chi connectivity index (χ3n) is 5.28. The van der Waals surface area contributed by atoms with Crippen LogP contribution in [0, 0.1) is 0 Å². The van der Waals surface area contributed by atoms with Crippen molar-refractivity contribution in [3.05, 3.63) is 117 Å². The number of fused-ring (bicyclic) bond motifs is 3. The minimum absolute atomic E-state index is 0.678. The van der Waals surface area contributed by atoms with E-state index < -0.39 is 5.60 Å². The lowest BCUT2D eigenvalue weighted by molar-refractivity contribution is 0.163. The molecule has 0 N–H and O–H groups in total. The number of rotatable bonds is 2. The van der Waals surface area contributed by atoms with E-state index in [1.165, 1.54) is 0 Å². The van der Waals surface area contributed by atoms with Gasteiger partial charge in [-0.1, -0.05) is 89.4 Å². The van der Waals surface area contributed by atoms with E-state index in [1.54, 1.807) is 0 Å². The van der Waals surface area contributed by atoms with E-state index in [0.29, 0.717) is 15.1 Å². The predicted octanol–water partition coefficient (Wildman–Crippen LogP) is 8.15. The number of halogens is 3. The highest BCUT2D eigenvalue weighted by atomic mass is 35.5. The molecule has 5 rings (SSSR count). The molecule has 0 fully saturated rings. The molecule has 0 saturated heterocycles. The van der Waals surface area contributed by atoms with Gasteiger partial charge in [0.05, 0.1) is 0 Å². The van der Waals surface area contributed by atoms with Crippen LogP contribution in [0.1, 0.15) is 16.7 Å². The zero-order chi connectivity index (χ0) is 20.0. The van der Waals surface area contributed by atoms with Gasteiger partial charge < -0.3 is 4.74 Å². The Labute approximate surface area is 184 Å². The minimum Gasteiger partial charge on any atom is -0.472 e. The van der Waals surface area contributed by atoms with Crippen LogP contribution in [0.3, 0.4) is 0 Å². The van der Waals surface area contributed by atoms with Gasteiger partial charge in [0, 0.05) is 42.5 Å². The molecule has 4 aromatic carbocycles. The van der Waals surface area contributed by atoms with Crippen LogP contribution < -0.4 is 4.74 Å². The molecular weight excluding hydrogens is 423 g/mol. The Morgan fingerprint density at radius 2 is 1.21 bits per heavy atom. The largest absolute Gasteiger partial charge is 0.472 e. The second-order valence-corrected chi connectivity index (χ2v) is 8.29. The molecule has 142 valence electrons. The number of ether oxygens (including phenoxy) is 1. The molecule has 0 amide bonds. The van der Waals surface area contributed by atoms with Crippen molar-refractivity contribution in [2.45, 2.75) is 5.60 Å². The molecule has 1 nitrogen and oxygen atoms in total. The lowest BCUT2D eigenvalue weighted by Crippen LogP contribution is -2.34. The summed E-state index contributed by atoms with van der Waals surface area (Å²) in [6.45, 7) is 0. The smallest absolute Gasteiger partial charge is 0.178 e. The van der Waals surface area contributed by atoms with Crippen molar-refractivity contribution in [2.75, 3.05) is 0 Å². The van der Waals surface area contributed by atoms with Crippen LogP contribution in [-0.2, 0) is 5.60 Å². The quantitative estimate of drug-likeness (QED) is 0.307. The summed E-state index contributed by atoms with van der Waals surface area (Å²) in [6, 6.07) is 25.4. The van der Waals surface area contributed by atoms with Crippen molar-refractivity contribution < 1.29 is 4.74 Å². The molecular formula is C25H15Cl3O. The van der Waals surface area contributed by atoms with Crippen LogP contribution in [0.4, 0.5) is 0 Å². The second kappa shape index (κ2) is 7.11. The summed E-state index contributed by atoms with van der Waals surface area (Å²) < 4.78 is 6.81. The summed E-state index contributed by atoms with van der Waals surface area (Å²) in [4.78, 5) is 0. The maximum Gasteiger partial charge on any atom is 0.178 e. The number of hydrogen-bond donors (Lipinski definition) is 0. The van der Waals surface area contributed by atoms with Gasteiger partial charge in [-0.15, -0.1) is 0 Å². The maximum absolute atomic E-state index is 6.81. The van der Waals surface area contributed by atoms with Crippen molar-refractivity contribution in [1.29, 1.82) is 0 Å². The molecule has 0 spiro atoms. The first kappa shape index (κ1) is 18.6. The standard InChI is InChI=1S/C25H15Cl3O/c26-19-9-5-17(6-10-19)25(18-7-11-20(27)12-8-18)14-13-16-15-23(28)21-3-1-2-4-22(21)24(16)29-25/h1-15H. The van der Waals surface area contributed by atoms with Crippen molar-refractivity contribution in [3.8, 4) is 5.75 Å². The van der Waals surface area contributed by atoms with Gasteiger partial charge in [0.25, 0.3) is 0 Å². The van der Waals surface area contributed by atoms with E-state index in [9.17, 15) is 0 Å². The molecule has 0 aliphatic carbocycles. The monoisotopic (exact) mass is 436 g/mol. The van der Waals surface area contributed by atoms with Crippen LogP contribution in [-0.4, -0.2) is 0 Å². The van der Waals surface area contributed by atoms with Crippen molar-refractivity contribution in [3.63, 3.8) is 0 Å². The highest BCUT2D eigenvalue weighted by Crippen LogP contribution is 2.46. The topological polar surface area (TPSA) is 9.23 Å². The highest BCUT2D eigenvalue weighted by Gasteiger charge is 2.37. The summed E-state index contributed by atoms with van der Waals surface area (Å²) in [5, 5.41) is 4.00. The van der Waals surface area contributed by atoms with Gasteiger partial charge in [-0.3, -0.25) is 0 Å². The van der Waals surface area contributed by atoms with E-state index in [1.807, 2.05) is 78.9 Å². The summed E-state index contributed by atoms with van der Waals surface area (Å²) in [5.74, 6) is 0.803. The van der Waals surface area contributed by atoms with Gasteiger partial charge in [0.2, 0.25) is 0 Å². The van der Waals surface area contributed by atoms with E-state index in [-0.39, 0.29) is 0 Å². The first-order valence-electron chi connectivity index (χ1n) is 9.18. The Morgan fingerprint density at radius 1 is 0.655 bits per heavy atom. The minimum atomic E-state index is -0.807. The summed E-state index contributed by atoms with van der Waals surface area (Å²) in [7, 11) is 0. The van der Waals surface area contributed by atoms with E-state index in [2.05, 4.69) is 12.2 Å². The summed E-state index contributed by atoms with van der Waals surface area (Å²) in [5.41, 5.74) is 2.10. The van der Waals surface area contributed by atoms with Crippen LogP contribution in [0.25, 0.3) is 16.8 Å². The SMILES string of the molecule is Clc1ccc(C2(c3ccc(Cl)cc3)C=Cc3cc(Cl)c4ccccc4c3O2)cc1. The predicted molar refractivity (Wildman–Crippen MR) is 122 cm³/mol. The molecule has 0 unspecified atom stereocenters. The Hall–Kier alpha value is -2.45. The Morgan fingerprint density at radius 3 is 1.79 bits per heavy atom. The zero-order valence-electron chi connectivity index (χ0n) is 15.2. The fraction of sp³-hybridized carbons (Fsp3) is 0.0400. The lowest BCUT2D eigenvalue weighted by atomic mass is 9.83. The van der Waals surface area contributed by atoms with Crippen LogP contribution in [0.15, 0.2) is 84.9 Å². The van der Waals surface area contributed by atoms with Gasteiger partial charge >= 0.3 is 0 Å². The van der Waals surface area contributed by atoms with E-state index in [4.69, 9.17) is 39.5 Å². The van der Waals surface area contributed by atoms with Gasteiger partial charge in [-0.2, -0.15) is 0 Å². The first-order valence-corrected chi connectivity index (χ1v) is 10.3. The molecule has 0 radical (unpaired) electrons. The molecule has 29 heavy (non-hydrogen) atoms. The highest BCUT2D eigenvalue weighted by molar-refractivity contribution is 6.36. The molecule has 0 saturated carbocycles. The van der Waals surface area contributed by atoms with E-state index in [0.717, 1.165) is 33.2 Å². The van der Waals surface area contributed by atoms with Crippen molar-refractivity contribution in [1.82, 2.24) is 0 Å². The number of hydrogen-bond acceptors (Lipinski definition) is 1. The van der Waals surface area contributed by atoms with E-state index >= 15 is 0 Å². The molecule has 4 heteroatoms. The third kappa shape index (κ3) is 3.11. The van der Waals surface area contributed by atoms with Crippen LogP contribution in [0.2, 0.25) is 15.1 Å². The number of benzene rings is 4. The van der Waals surface area contributed by atoms with Gasteiger partial charge in [-0.25, -0.2) is 0 Å². The van der Waals surface area contributed by atoms with Crippen LogP contribution in [0.5, 0.6) is 5.75 Å². The van der Waals surface area contributed by atoms with Crippen molar-refractivity contribution >= 4 is 51.7 Å². The maximum atomic E-state index is 6.81. The van der Waals surface area contributed by atoms with Crippen molar-refractivity contribution in [2.24, 2.45) is 0 Å². The van der Waals surface area contributed by atoms with Gasteiger partial charge in [0.15, 0.2) is 5.60 Å². The summed E-state index contributed by atoms with van der Waals surface area (Å²) in [6.07, 6.45) is 4.13. The Balaban J connectivity index is 1.78. The Bertz CT molecular complexity index is 1200. The molecule has 0 bridgehead atoms. The normalized spacial score (nSPS) is 14.4. The lowest BCUT2D eigenvalue weighted by Gasteiger charge is -2.36. The molecule has 0 aromatic heterocycles. The molecule has 1 aliphatic rings. The Kier molecular flexibility index (Phi) is 4.55. The average Bonchev–Trinajstić information content (AvgIpc) is 2.75. The van der Waals surface area contributed by atoms with Gasteiger partial charge in [0.1, 0.15) is 5.75 Å². The third-order valence-corrected chi connectivity index (χ3v) is 6.10. The summed E-state index contributed by atoms with van der Waals surface area (Å²) >= 11 is 18.8. The molecule has 0 atom stereocenters. The fourth-order valence-electron chi connectivity index (χ4n) is 3.84. The first-order chi connectivity index (χ1) is 14.1. The molecule has 1 heterocycles. The van der Waals surface area contributed by atoms with Crippen LogP contribution >= 0.6 is 34.8 Å². The van der Waals surface area contributed by atoms with Gasteiger partial charge in [-0.05, 0) is 36.4 Å². The second-order valence-electron chi connectivity index (χ2n) is 7.01.